The highest BCUT2D eigenvalue weighted by molar-refractivity contribution is 5.18. The molecule has 0 radical (unpaired) electrons. The Morgan fingerprint density at radius 2 is 2.10 bits per heavy atom. The predicted molar refractivity (Wildman–Crippen MR) is 77.6 cm³/mol. The molecule has 1 atom stereocenters. The first-order valence-electron chi connectivity index (χ1n) is 7.58. The van der Waals surface area contributed by atoms with Gasteiger partial charge in [-0.05, 0) is 63.5 Å². The highest BCUT2D eigenvalue weighted by Gasteiger charge is 2.16. The van der Waals surface area contributed by atoms with E-state index in [0.29, 0.717) is 18.2 Å². The van der Waals surface area contributed by atoms with Gasteiger partial charge in [0.25, 0.3) is 0 Å². The molecule has 1 fully saturated rings. The van der Waals surface area contributed by atoms with Crippen LogP contribution < -0.4 is 5.32 Å². The number of halogens is 2. The molecule has 0 saturated carbocycles. The van der Waals surface area contributed by atoms with Gasteiger partial charge >= 0.3 is 0 Å². The Balaban J connectivity index is 1.83. The minimum absolute atomic E-state index is 0.333. The van der Waals surface area contributed by atoms with E-state index >= 15 is 0 Å². The molecule has 1 aromatic rings. The second kappa shape index (κ2) is 7.70. The molecule has 2 rings (SSSR count). The molecule has 1 unspecified atom stereocenters. The molecule has 1 aliphatic heterocycles. The summed E-state index contributed by atoms with van der Waals surface area (Å²) in [7, 11) is 0. The smallest absolute Gasteiger partial charge is 0.127 e. The lowest BCUT2D eigenvalue weighted by Crippen LogP contribution is -2.31. The fourth-order valence-corrected chi connectivity index (χ4v) is 2.83. The van der Waals surface area contributed by atoms with Crippen LogP contribution in [0.15, 0.2) is 18.2 Å². The van der Waals surface area contributed by atoms with Crippen molar-refractivity contribution in [3.8, 4) is 0 Å². The summed E-state index contributed by atoms with van der Waals surface area (Å²) in [4.78, 5) is 2.49. The van der Waals surface area contributed by atoms with Crippen molar-refractivity contribution in [2.75, 3.05) is 19.6 Å². The van der Waals surface area contributed by atoms with Crippen molar-refractivity contribution in [2.24, 2.45) is 0 Å². The first-order valence-corrected chi connectivity index (χ1v) is 7.58. The van der Waals surface area contributed by atoms with Crippen molar-refractivity contribution in [2.45, 2.75) is 45.2 Å². The minimum atomic E-state index is -0.377. The Kier molecular flexibility index (Phi) is 5.92. The lowest BCUT2D eigenvalue weighted by atomic mass is 10.1. The van der Waals surface area contributed by atoms with Crippen LogP contribution in [0.1, 0.15) is 38.2 Å². The van der Waals surface area contributed by atoms with E-state index in [1.54, 1.807) is 0 Å². The van der Waals surface area contributed by atoms with Gasteiger partial charge in [-0.15, -0.1) is 0 Å². The van der Waals surface area contributed by atoms with Crippen molar-refractivity contribution in [1.29, 1.82) is 0 Å². The molecular weight excluding hydrogens is 258 g/mol. The molecule has 1 aliphatic rings. The van der Waals surface area contributed by atoms with Crippen LogP contribution in [-0.4, -0.2) is 30.6 Å². The third-order valence-electron chi connectivity index (χ3n) is 3.95. The quantitative estimate of drug-likeness (QED) is 0.891. The number of benzene rings is 1. The van der Waals surface area contributed by atoms with E-state index < -0.39 is 0 Å². The topological polar surface area (TPSA) is 15.3 Å². The van der Waals surface area contributed by atoms with Crippen LogP contribution in [-0.2, 0) is 6.54 Å². The molecule has 2 nitrogen and oxygen atoms in total. The molecule has 1 saturated heterocycles. The molecular formula is C16H24F2N2. The fraction of sp³-hybridized carbons (Fsp3) is 0.625. The zero-order chi connectivity index (χ0) is 14.4. The Bertz CT molecular complexity index is 423. The van der Waals surface area contributed by atoms with Gasteiger partial charge in [-0.25, -0.2) is 8.78 Å². The average molecular weight is 282 g/mol. The molecule has 4 heteroatoms. The summed E-state index contributed by atoms with van der Waals surface area (Å²) >= 11 is 0. The van der Waals surface area contributed by atoms with E-state index in [2.05, 4.69) is 17.1 Å². The number of nitrogens with one attached hydrogen (secondary N) is 1. The Labute approximate surface area is 120 Å². The average Bonchev–Trinajstić information content (AvgIpc) is 2.66. The maximum Gasteiger partial charge on any atom is 0.127 e. The maximum atomic E-state index is 13.6. The number of hydrogen-bond donors (Lipinski definition) is 1. The SMILES string of the molecule is CCCN1CCCC(NCc2cc(F)ccc2F)CC1. The van der Waals surface area contributed by atoms with E-state index in [1.165, 1.54) is 25.0 Å². The first-order chi connectivity index (χ1) is 9.69. The standard InChI is InChI=1S/C16H24F2N2/c1-2-8-20-9-3-4-15(7-10-20)19-12-13-11-14(17)5-6-16(13)18/h5-6,11,15,19H,2-4,7-10,12H2,1H3. The second-order valence-corrected chi connectivity index (χ2v) is 5.59. The summed E-state index contributed by atoms with van der Waals surface area (Å²) in [5.41, 5.74) is 0.416. The third-order valence-corrected chi connectivity index (χ3v) is 3.95. The zero-order valence-electron chi connectivity index (χ0n) is 12.2. The molecule has 0 aliphatic carbocycles. The van der Waals surface area contributed by atoms with Gasteiger partial charge in [-0.2, -0.15) is 0 Å². The van der Waals surface area contributed by atoms with Gasteiger partial charge in [0.1, 0.15) is 11.6 Å². The normalized spacial score (nSPS) is 20.9. The molecule has 1 aromatic carbocycles. The number of likely N-dealkylation sites (tertiary alicyclic amines) is 1. The minimum Gasteiger partial charge on any atom is -0.310 e. The number of nitrogens with zero attached hydrogens (tertiary/aromatic N) is 1. The predicted octanol–water partition coefficient (Wildman–Crippen LogP) is 3.32. The fourth-order valence-electron chi connectivity index (χ4n) is 2.83. The Hall–Kier alpha value is -1.00. The van der Waals surface area contributed by atoms with Crippen LogP contribution in [0.4, 0.5) is 8.78 Å². The lowest BCUT2D eigenvalue weighted by molar-refractivity contribution is 0.282. The highest BCUT2D eigenvalue weighted by atomic mass is 19.1. The third kappa shape index (κ3) is 4.53. The summed E-state index contributed by atoms with van der Waals surface area (Å²) in [6.07, 6.45) is 4.55. The van der Waals surface area contributed by atoms with Gasteiger partial charge in [0.15, 0.2) is 0 Å². The molecule has 20 heavy (non-hydrogen) atoms. The monoisotopic (exact) mass is 282 g/mol. The molecule has 0 aromatic heterocycles. The molecule has 0 amide bonds. The van der Waals surface area contributed by atoms with Gasteiger partial charge in [-0.3, -0.25) is 0 Å². The Morgan fingerprint density at radius 1 is 1.25 bits per heavy atom. The van der Waals surface area contributed by atoms with E-state index in [9.17, 15) is 8.78 Å². The maximum absolute atomic E-state index is 13.6. The Morgan fingerprint density at radius 3 is 2.90 bits per heavy atom. The first kappa shape index (κ1) is 15.4. The van der Waals surface area contributed by atoms with E-state index in [4.69, 9.17) is 0 Å². The summed E-state index contributed by atoms with van der Waals surface area (Å²) in [6.45, 7) is 6.01. The van der Waals surface area contributed by atoms with Gasteiger partial charge in [-0.1, -0.05) is 6.92 Å². The van der Waals surface area contributed by atoms with Gasteiger partial charge in [0, 0.05) is 18.2 Å². The van der Waals surface area contributed by atoms with Crippen molar-refractivity contribution in [3.05, 3.63) is 35.4 Å². The van der Waals surface area contributed by atoms with Crippen molar-refractivity contribution < 1.29 is 8.78 Å². The summed E-state index contributed by atoms with van der Waals surface area (Å²) in [6, 6.07) is 4.04. The number of rotatable bonds is 5. The highest BCUT2D eigenvalue weighted by Crippen LogP contribution is 2.14. The lowest BCUT2D eigenvalue weighted by Gasteiger charge is -2.19. The van der Waals surface area contributed by atoms with Crippen molar-refractivity contribution in [3.63, 3.8) is 0 Å². The zero-order valence-corrected chi connectivity index (χ0v) is 12.2. The number of hydrogen-bond acceptors (Lipinski definition) is 2. The van der Waals surface area contributed by atoms with E-state index in [-0.39, 0.29) is 11.6 Å². The molecule has 1 N–H and O–H groups in total. The summed E-state index contributed by atoms with van der Waals surface area (Å²) in [5, 5.41) is 3.38. The molecule has 0 bridgehead atoms. The van der Waals surface area contributed by atoms with Crippen LogP contribution in [0, 0.1) is 11.6 Å². The summed E-state index contributed by atoms with van der Waals surface area (Å²) < 4.78 is 26.7. The molecule has 112 valence electrons. The second-order valence-electron chi connectivity index (χ2n) is 5.59. The van der Waals surface area contributed by atoms with Crippen LogP contribution in [0.25, 0.3) is 0 Å². The van der Waals surface area contributed by atoms with Gasteiger partial charge < -0.3 is 10.2 Å². The van der Waals surface area contributed by atoms with Crippen LogP contribution in [0.2, 0.25) is 0 Å². The van der Waals surface area contributed by atoms with Gasteiger partial charge in [0.2, 0.25) is 0 Å². The van der Waals surface area contributed by atoms with Crippen molar-refractivity contribution in [1.82, 2.24) is 10.2 Å². The molecule has 0 spiro atoms. The van der Waals surface area contributed by atoms with Crippen LogP contribution in [0.3, 0.4) is 0 Å². The van der Waals surface area contributed by atoms with Crippen LogP contribution >= 0.6 is 0 Å². The van der Waals surface area contributed by atoms with Crippen LogP contribution in [0.5, 0.6) is 0 Å². The van der Waals surface area contributed by atoms with Gasteiger partial charge in [0.05, 0.1) is 0 Å². The molecule has 1 heterocycles. The van der Waals surface area contributed by atoms with E-state index in [1.807, 2.05) is 0 Å². The largest absolute Gasteiger partial charge is 0.310 e. The summed E-state index contributed by atoms with van der Waals surface area (Å²) in [5.74, 6) is -0.710. The van der Waals surface area contributed by atoms with Crippen molar-refractivity contribution >= 4 is 0 Å². The van der Waals surface area contributed by atoms with E-state index in [0.717, 1.165) is 38.5 Å².